The summed E-state index contributed by atoms with van der Waals surface area (Å²) in [5, 5.41) is 3.84. The summed E-state index contributed by atoms with van der Waals surface area (Å²) in [6.07, 6.45) is 3.85. The first-order valence-electron chi connectivity index (χ1n) is 7.35. The number of piperazine rings is 1. The molecule has 1 aromatic carbocycles. The van der Waals surface area contributed by atoms with Crippen LogP contribution in [0.5, 0.6) is 0 Å². The minimum atomic E-state index is -0.433. The first-order valence-corrected chi connectivity index (χ1v) is 8.14. The molecule has 0 spiro atoms. The zero-order chi connectivity index (χ0) is 16.2. The van der Waals surface area contributed by atoms with Gasteiger partial charge in [-0.2, -0.15) is 0 Å². The average Bonchev–Trinajstić information content (AvgIpc) is 2.59. The van der Waals surface area contributed by atoms with Gasteiger partial charge in [-0.1, -0.05) is 11.6 Å². The van der Waals surface area contributed by atoms with Crippen LogP contribution in [0.1, 0.15) is 0 Å². The second-order valence-corrected chi connectivity index (χ2v) is 6.09. The molecule has 0 aliphatic carbocycles. The molecule has 0 bridgehead atoms. The molecule has 4 nitrogen and oxygen atoms in total. The van der Waals surface area contributed by atoms with Crippen LogP contribution < -0.4 is 15.2 Å². The molecule has 3 rings (SSSR count). The van der Waals surface area contributed by atoms with E-state index in [4.69, 9.17) is 23.8 Å². The number of aromatic nitrogens is 1. The Balaban J connectivity index is 1.57. The van der Waals surface area contributed by atoms with Gasteiger partial charge in [0.05, 0.1) is 5.02 Å². The highest BCUT2D eigenvalue weighted by molar-refractivity contribution is 7.80. The minimum Gasteiger partial charge on any atom is -0.368 e. The highest BCUT2D eigenvalue weighted by Gasteiger charge is 2.19. The molecule has 7 heteroatoms. The lowest BCUT2D eigenvalue weighted by Crippen LogP contribution is -2.50. The summed E-state index contributed by atoms with van der Waals surface area (Å²) in [7, 11) is 0. The summed E-state index contributed by atoms with van der Waals surface area (Å²) in [4.78, 5) is 7.46. The summed E-state index contributed by atoms with van der Waals surface area (Å²) in [5.41, 5.74) is 1.90. The van der Waals surface area contributed by atoms with Crippen LogP contribution in [0.4, 0.5) is 15.8 Å². The van der Waals surface area contributed by atoms with Crippen LogP contribution >= 0.6 is 23.8 Å². The minimum absolute atomic E-state index is 0.0866. The molecule has 0 unspecified atom stereocenters. The number of aromatic amines is 1. The van der Waals surface area contributed by atoms with Crippen molar-refractivity contribution in [3.63, 3.8) is 0 Å². The van der Waals surface area contributed by atoms with E-state index < -0.39 is 5.82 Å². The van der Waals surface area contributed by atoms with Crippen molar-refractivity contribution in [1.29, 1.82) is 0 Å². The van der Waals surface area contributed by atoms with E-state index in [1.54, 1.807) is 12.1 Å². The van der Waals surface area contributed by atoms with Gasteiger partial charge in [-0.15, -0.1) is 0 Å². The number of halogens is 2. The molecule has 1 fully saturated rings. The maximum absolute atomic E-state index is 13.2. The third-order valence-corrected chi connectivity index (χ3v) is 4.45. The van der Waals surface area contributed by atoms with Gasteiger partial charge < -0.3 is 15.1 Å². The Morgan fingerprint density at radius 1 is 1.13 bits per heavy atom. The number of nitrogens with one attached hydrogen (secondary N) is 2. The van der Waals surface area contributed by atoms with Gasteiger partial charge in [0.15, 0.2) is 17.5 Å². The summed E-state index contributed by atoms with van der Waals surface area (Å²) in [6, 6.07) is 8.63. The zero-order valence-corrected chi connectivity index (χ0v) is 14.0. The van der Waals surface area contributed by atoms with E-state index in [1.807, 2.05) is 12.4 Å². The molecular weight excluding hydrogens is 335 g/mol. The third-order valence-electron chi connectivity index (χ3n) is 3.80. The monoisotopic (exact) mass is 351 g/mol. The van der Waals surface area contributed by atoms with Crippen LogP contribution in [0.25, 0.3) is 0 Å². The molecule has 2 aromatic rings. The molecule has 1 saturated heterocycles. The van der Waals surface area contributed by atoms with Crippen molar-refractivity contribution in [2.24, 2.45) is 0 Å². The fourth-order valence-electron chi connectivity index (χ4n) is 2.53. The largest absolute Gasteiger partial charge is 0.368 e. The normalized spacial score (nSPS) is 14.7. The van der Waals surface area contributed by atoms with Crippen molar-refractivity contribution in [2.75, 3.05) is 36.4 Å². The molecule has 0 atom stereocenters. The van der Waals surface area contributed by atoms with E-state index in [0.29, 0.717) is 10.8 Å². The van der Waals surface area contributed by atoms with Gasteiger partial charge in [0.25, 0.3) is 0 Å². The van der Waals surface area contributed by atoms with Gasteiger partial charge in [-0.25, -0.2) is 9.37 Å². The third kappa shape index (κ3) is 3.89. The fraction of sp³-hybridized carbons (Fsp3) is 0.250. The Hall–Kier alpha value is -1.92. The van der Waals surface area contributed by atoms with E-state index in [0.717, 1.165) is 26.2 Å². The number of hydrogen-bond acceptors (Lipinski definition) is 2. The molecule has 1 aromatic heterocycles. The van der Waals surface area contributed by atoms with Crippen LogP contribution in [0, 0.1) is 5.82 Å². The van der Waals surface area contributed by atoms with Gasteiger partial charge in [0.1, 0.15) is 5.82 Å². The number of rotatable bonds is 2. The molecule has 120 valence electrons. The van der Waals surface area contributed by atoms with Crippen LogP contribution in [-0.2, 0) is 0 Å². The second-order valence-electron chi connectivity index (χ2n) is 5.29. The van der Waals surface area contributed by atoms with Crippen molar-refractivity contribution >= 4 is 40.3 Å². The fourth-order valence-corrected chi connectivity index (χ4v) is 3.01. The second kappa shape index (κ2) is 7.10. The lowest BCUT2D eigenvalue weighted by atomic mass is 10.2. The van der Waals surface area contributed by atoms with Crippen LogP contribution in [0.3, 0.4) is 0 Å². The number of pyridine rings is 1. The first kappa shape index (κ1) is 16.0. The Kier molecular flexibility index (Phi) is 4.93. The van der Waals surface area contributed by atoms with Crippen LogP contribution in [-0.4, -0.2) is 36.2 Å². The van der Waals surface area contributed by atoms with Crippen LogP contribution in [0.2, 0.25) is 5.02 Å². The maximum Gasteiger partial charge on any atom is 0.173 e. The SMILES string of the molecule is Fc1ccc(NC(=S)N2CCN(c3cc[nH+]cc3)CC2)cc1Cl. The summed E-state index contributed by atoms with van der Waals surface area (Å²) in [6.45, 7) is 3.46. The van der Waals surface area contributed by atoms with E-state index >= 15 is 0 Å². The number of anilines is 2. The Bertz CT molecular complexity index is 690. The van der Waals surface area contributed by atoms with Gasteiger partial charge in [-0.3, -0.25) is 0 Å². The lowest BCUT2D eigenvalue weighted by molar-refractivity contribution is -0.377. The maximum atomic E-state index is 13.2. The molecule has 2 heterocycles. The average molecular weight is 352 g/mol. The van der Waals surface area contributed by atoms with E-state index in [-0.39, 0.29) is 5.02 Å². The summed E-state index contributed by atoms with van der Waals surface area (Å²) < 4.78 is 13.2. The van der Waals surface area contributed by atoms with Crippen molar-refractivity contribution in [2.45, 2.75) is 0 Å². The van der Waals surface area contributed by atoms with E-state index in [1.165, 1.54) is 11.8 Å². The topological polar surface area (TPSA) is 32.6 Å². The highest BCUT2D eigenvalue weighted by Crippen LogP contribution is 2.20. The van der Waals surface area contributed by atoms with Gasteiger partial charge in [-0.05, 0) is 30.4 Å². The molecular formula is C16H17ClFN4S+. The smallest absolute Gasteiger partial charge is 0.173 e. The standard InChI is InChI=1S/C16H16ClFN4S/c17-14-11-12(1-2-15(14)18)20-16(23)22-9-7-21(8-10-22)13-3-5-19-6-4-13/h1-6,11H,7-10H2,(H,20,23)/p+1. The molecule has 23 heavy (non-hydrogen) atoms. The number of nitrogens with zero attached hydrogens (tertiary/aromatic N) is 2. The Morgan fingerprint density at radius 2 is 1.83 bits per heavy atom. The molecule has 0 radical (unpaired) electrons. The summed E-state index contributed by atoms with van der Waals surface area (Å²) in [5.74, 6) is -0.433. The predicted octanol–water partition coefficient (Wildman–Crippen LogP) is 2.81. The van der Waals surface area contributed by atoms with Crippen molar-refractivity contribution < 1.29 is 9.37 Å². The molecule has 1 aliphatic rings. The zero-order valence-electron chi connectivity index (χ0n) is 12.4. The lowest BCUT2D eigenvalue weighted by Gasteiger charge is -2.37. The Morgan fingerprint density at radius 3 is 2.48 bits per heavy atom. The molecule has 2 N–H and O–H groups in total. The van der Waals surface area contributed by atoms with Crippen LogP contribution in [0.15, 0.2) is 42.7 Å². The van der Waals surface area contributed by atoms with Crippen molar-refractivity contribution in [3.8, 4) is 0 Å². The number of H-pyrrole nitrogens is 1. The molecule has 1 aliphatic heterocycles. The number of hydrogen-bond donors (Lipinski definition) is 1. The van der Waals surface area contributed by atoms with Gasteiger partial charge in [0, 0.05) is 49.7 Å². The van der Waals surface area contributed by atoms with Crippen molar-refractivity contribution in [1.82, 2.24) is 4.90 Å². The van der Waals surface area contributed by atoms with E-state index in [2.05, 4.69) is 32.2 Å². The number of benzene rings is 1. The highest BCUT2D eigenvalue weighted by atomic mass is 35.5. The quantitative estimate of drug-likeness (QED) is 0.843. The molecule has 0 saturated carbocycles. The number of thiocarbonyl (C=S) groups is 1. The van der Waals surface area contributed by atoms with Gasteiger partial charge >= 0.3 is 0 Å². The Labute approximate surface area is 144 Å². The van der Waals surface area contributed by atoms with Crippen molar-refractivity contribution in [3.05, 3.63) is 53.6 Å². The molecule has 0 amide bonds. The first-order chi connectivity index (χ1) is 11.1. The van der Waals surface area contributed by atoms with Gasteiger partial charge in [0.2, 0.25) is 0 Å². The summed E-state index contributed by atoms with van der Waals surface area (Å²) >= 11 is 11.2. The van der Waals surface area contributed by atoms with E-state index in [9.17, 15) is 4.39 Å². The predicted molar refractivity (Wildman–Crippen MR) is 94.4 cm³/mol.